The SMILES string of the molecule is COC(=O)CC1CN(c2ncnc(C)c2F)CCO1. The van der Waals surface area contributed by atoms with Crippen LogP contribution in [0.15, 0.2) is 6.33 Å². The molecule has 0 aliphatic carbocycles. The van der Waals surface area contributed by atoms with E-state index >= 15 is 0 Å². The Hall–Kier alpha value is -1.76. The number of aryl methyl sites for hydroxylation is 1. The van der Waals surface area contributed by atoms with Crippen molar-refractivity contribution >= 4 is 11.8 Å². The highest BCUT2D eigenvalue weighted by atomic mass is 19.1. The van der Waals surface area contributed by atoms with Gasteiger partial charge in [0.15, 0.2) is 11.6 Å². The lowest BCUT2D eigenvalue weighted by Crippen LogP contribution is -2.44. The van der Waals surface area contributed by atoms with Crippen molar-refractivity contribution in [1.29, 1.82) is 0 Å². The van der Waals surface area contributed by atoms with E-state index in [0.29, 0.717) is 25.4 Å². The summed E-state index contributed by atoms with van der Waals surface area (Å²) >= 11 is 0. The molecule has 1 saturated heterocycles. The van der Waals surface area contributed by atoms with E-state index in [1.165, 1.54) is 13.4 Å². The fourth-order valence-corrected chi connectivity index (χ4v) is 1.97. The first-order valence-corrected chi connectivity index (χ1v) is 6.02. The van der Waals surface area contributed by atoms with E-state index < -0.39 is 5.82 Å². The molecule has 1 fully saturated rings. The van der Waals surface area contributed by atoms with Crippen LogP contribution in [0.5, 0.6) is 0 Å². The number of methoxy groups -OCH3 is 1. The lowest BCUT2D eigenvalue weighted by molar-refractivity contribution is -0.144. The lowest BCUT2D eigenvalue weighted by Gasteiger charge is -2.33. The van der Waals surface area contributed by atoms with Gasteiger partial charge >= 0.3 is 5.97 Å². The van der Waals surface area contributed by atoms with Crippen LogP contribution in [0.1, 0.15) is 12.1 Å². The number of hydrogen-bond acceptors (Lipinski definition) is 6. The maximum atomic E-state index is 13.9. The van der Waals surface area contributed by atoms with Crippen molar-refractivity contribution in [2.45, 2.75) is 19.4 Å². The van der Waals surface area contributed by atoms with Crippen LogP contribution in [0.25, 0.3) is 0 Å². The number of esters is 1. The number of hydrogen-bond donors (Lipinski definition) is 0. The number of rotatable bonds is 3. The molecule has 7 heteroatoms. The fourth-order valence-electron chi connectivity index (χ4n) is 1.97. The van der Waals surface area contributed by atoms with Crippen LogP contribution in [-0.2, 0) is 14.3 Å². The number of anilines is 1. The molecule has 1 aliphatic heterocycles. The average Bonchev–Trinajstić information content (AvgIpc) is 2.42. The highest BCUT2D eigenvalue weighted by Gasteiger charge is 2.26. The quantitative estimate of drug-likeness (QED) is 0.752. The highest BCUT2D eigenvalue weighted by Crippen LogP contribution is 2.20. The highest BCUT2D eigenvalue weighted by molar-refractivity contribution is 5.69. The summed E-state index contributed by atoms with van der Waals surface area (Å²) in [5, 5.41) is 0. The first kappa shape index (κ1) is 13.7. The molecule has 0 aromatic carbocycles. The van der Waals surface area contributed by atoms with Crippen molar-refractivity contribution in [2.24, 2.45) is 0 Å². The zero-order valence-electron chi connectivity index (χ0n) is 10.9. The number of aromatic nitrogens is 2. The standard InChI is InChI=1S/C12H16FN3O3/c1-8-11(13)12(15-7-14-8)16-3-4-19-9(6-16)5-10(17)18-2/h7,9H,3-6H2,1-2H3. The molecule has 0 bridgehead atoms. The predicted octanol–water partition coefficient (Wildman–Crippen LogP) is 0.692. The minimum absolute atomic E-state index is 0.151. The zero-order chi connectivity index (χ0) is 13.8. The summed E-state index contributed by atoms with van der Waals surface area (Å²) in [6, 6.07) is 0. The predicted molar refractivity (Wildman–Crippen MR) is 65.3 cm³/mol. The summed E-state index contributed by atoms with van der Waals surface area (Å²) in [5.74, 6) is -0.516. The summed E-state index contributed by atoms with van der Waals surface area (Å²) in [7, 11) is 1.33. The third-order valence-electron chi connectivity index (χ3n) is 3.01. The molecule has 1 aromatic heterocycles. The number of ether oxygens (including phenoxy) is 2. The topological polar surface area (TPSA) is 64.5 Å². The molecule has 1 aliphatic rings. The summed E-state index contributed by atoms with van der Waals surface area (Å²) in [6.07, 6.45) is 1.17. The molecule has 19 heavy (non-hydrogen) atoms. The van der Waals surface area contributed by atoms with E-state index in [-0.39, 0.29) is 24.3 Å². The molecule has 2 heterocycles. The van der Waals surface area contributed by atoms with Gasteiger partial charge in [-0.3, -0.25) is 4.79 Å². The summed E-state index contributed by atoms with van der Waals surface area (Å²) < 4.78 is 24.0. The van der Waals surface area contributed by atoms with Crippen molar-refractivity contribution in [2.75, 3.05) is 31.7 Å². The molecule has 1 atom stereocenters. The van der Waals surface area contributed by atoms with Crippen molar-refractivity contribution in [3.63, 3.8) is 0 Å². The van der Waals surface area contributed by atoms with Gasteiger partial charge in [-0.05, 0) is 6.92 Å². The van der Waals surface area contributed by atoms with Gasteiger partial charge in [-0.2, -0.15) is 0 Å². The van der Waals surface area contributed by atoms with Gasteiger partial charge < -0.3 is 14.4 Å². The van der Waals surface area contributed by atoms with E-state index in [9.17, 15) is 9.18 Å². The number of morpholine rings is 1. The molecule has 6 nitrogen and oxygen atoms in total. The first-order valence-electron chi connectivity index (χ1n) is 6.02. The smallest absolute Gasteiger partial charge is 0.308 e. The van der Waals surface area contributed by atoms with Crippen LogP contribution in [-0.4, -0.2) is 48.8 Å². The second kappa shape index (κ2) is 5.92. The van der Waals surface area contributed by atoms with Crippen molar-refractivity contribution < 1.29 is 18.7 Å². The van der Waals surface area contributed by atoms with Crippen LogP contribution in [0.2, 0.25) is 0 Å². The summed E-state index contributed by atoms with van der Waals surface area (Å²) in [5.41, 5.74) is 0.306. The van der Waals surface area contributed by atoms with Gasteiger partial charge in [-0.1, -0.05) is 0 Å². The van der Waals surface area contributed by atoms with E-state index in [1.54, 1.807) is 11.8 Å². The molecule has 1 unspecified atom stereocenters. The zero-order valence-corrected chi connectivity index (χ0v) is 10.9. The lowest BCUT2D eigenvalue weighted by atomic mass is 10.2. The van der Waals surface area contributed by atoms with Gasteiger partial charge in [0, 0.05) is 13.1 Å². The van der Waals surface area contributed by atoms with E-state index in [4.69, 9.17) is 4.74 Å². The van der Waals surface area contributed by atoms with Gasteiger partial charge in [0.1, 0.15) is 6.33 Å². The minimum Gasteiger partial charge on any atom is -0.469 e. The van der Waals surface area contributed by atoms with Crippen molar-refractivity contribution in [3.05, 3.63) is 17.8 Å². The minimum atomic E-state index is -0.429. The first-order chi connectivity index (χ1) is 9.11. The molecule has 104 valence electrons. The maximum absolute atomic E-state index is 13.9. The van der Waals surface area contributed by atoms with Crippen LogP contribution in [0.4, 0.5) is 10.2 Å². The van der Waals surface area contributed by atoms with Crippen LogP contribution in [0.3, 0.4) is 0 Å². The molecular weight excluding hydrogens is 253 g/mol. The van der Waals surface area contributed by atoms with Gasteiger partial charge in [0.25, 0.3) is 0 Å². The summed E-state index contributed by atoms with van der Waals surface area (Å²) in [6.45, 7) is 2.95. The second-order valence-electron chi connectivity index (χ2n) is 4.32. The summed E-state index contributed by atoms with van der Waals surface area (Å²) in [4.78, 5) is 20.8. The normalized spacial score (nSPS) is 19.3. The van der Waals surface area contributed by atoms with Crippen LogP contribution in [0, 0.1) is 12.7 Å². The number of carbonyl (C=O) groups excluding carboxylic acids is 1. The molecule has 0 spiro atoms. The Morgan fingerprint density at radius 1 is 1.63 bits per heavy atom. The second-order valence-corrected chi connectivity index (χ2v) is 4.32. The molecule has 2 rings (SSSR count). The number of nitrogens with zero attached hydrogens (tertiary/aromatic N) is 3. The van der Waals surface area contributed by atoms with E-state index in [2.05, 4.69) is 14.7 Å². The Morgan fingerprint density at radius 2 is 2.42 bits per heavy atom. The van der Waals surface area contributed by atoms with Crippen molar-refractivity contribution in [1.82, 2.24) is 9.97 Å². The van der Waals surface area contributed by atoms with Crippen LogP contribution >= 0.6 is 0 Å². The monoisotopic (exact) mass is 269 g/mol. The molecule has 0 saturated carbocycles. The van der Waals surface area contributed by atoms with E-state index in [0.717, 1.165) is 0 Å². The Morgan fingerprint density at radius 3 is 3.16 bits per heavy atom. The molecule has 1 aromatic rings. The molecular formula is C12H16FN3O3. The number of carbonyl (C=O) groups is 1. The Kier molecular flexibility index (Phi) is 4.26. The van der Waals surface area contributed by atoms with Gasteiger partial charge in [0.05, 0.1) is 31.9 Å². The Balaban J connectivity index is 2.08. The van der Waals surface area contributed by atoms with Gasteiger partial charge in [0.2, 0.25) is 0 Å². The Labute approximate surface area is 110 Å². The van der Waals surface area contributed by atoms with Gasteiger partial charge in [-0.15, -0.1) is 0 Å². The third kappa shape index (κ3) is 3.17. The molecule has 0 N–H and O–H groups in total. The largest absolute Gasteiger partial charge is 0.469 e. The fraction of sp³-hybridized carbons (Fsp3) is 0.583. The van der Waals surface area contributed by atoms with Crippen molar-refractivity contribution in [3.8, 4) is 0 Å². The maximum Gasteiger partial charge on any atom is 0.308 e. The number of halogens is 1. The Bertz CT molecular complexity index is 470. The van der Waals surface area contributed by atoms with Crippen LogP contribution < -0.4 is 4.90 Å². The average molecular weight is 269 g/mol. The molecule has 0 radical (unpaired) electrons. The molecule has 0 amide bonds. The van der Waals surface area contributed by atoms with E-state index in [1.807, 2.05) is 0 Å². The third-order valence-corrected chi connectivity index (χ3v) is 3.01. The van der Waals surface area contributed by atoms with Gasteiger partial charge in [-0.25, -0.2) is 14.4 Å².